The molecule has 0 fully saturated rings. The van der Waals surface area contributed by atoms with E-state index in [4.69, 9.17) is 14.9 Å². The third-order valence-corrected chi connectivity index (χ3v) is 3.23. The predicted molar refractivity (Wildman–Crippen MR) is 64.5 cm³/mol. The van der Waals surface area contributed by atoms with Gasteiger partial charge in [0.05, 0.1) is 18.0 Å². The van der Waals surface area contributed by atoms with Crippen LogP contribution in [0, 0.1) is 0 Å². The van der Waals surface area contributed by atoms with Crippen LogP contribution < -0.4 is 5.32 Å². The third-order valence-electron chi connectivity index (χ3n) is 1.94. The number of ether oxygens (including phenoxy) is 1. The molecule has 5 nitrogen and oxygen atoms in total. The number of hydrogen-bond donors (Lipinski definition) is 3. The molecule has 0 aromatic carbocycles. The van der Waals surface area contributed by atoms with Gasteiger partial charge < -0.3 is 20.3 Å². The predicted octanol–water partition coefficient (Wildman–Crippen LogP) is -0.386. The molecule has 1 amide bonds. The first-order chi connectivity index (χ1) is 7.61. The lowest BCUT2D eigenvalue weighted by Crippen LogP contribution is -2.33. The molecule has 0 saturated carbocycles. The minimum Gasteiger partial charge on any atom is -0.394 e. The Balaban J connectivity index is 3.57. The van der Waals surface area contributed by atoms with Crippen LogP contribution in [0.2, 0.25) is 0 Å². The van der Waals surface area contributed by atoms with Gasteiger partial charge in [0.25, 0.3) is 0 Å². The first kappa shape index (κ1) is 15.7. The highest BCUT2D eigenvalue weighted by molar-refractivity contribution is 8.00. The second-order valence-corrected chi connectivity index (χ2v) is 4.82. The molecule has 0 aliphatic carbocycles. The van der Waals surface area contributed by atoms with Gasteiger partial charge in [-0.25, -0.2) is 0 Å². The summed E-state index contributed by atoms with van der Waals surface area (Å²) >= 11 is 1.33. The molecular formula is C10H21NO4S. The van der Waals surface area contributed by atoms with Crippen molar-refractivity contribution >= 4 is 17.7 Å². The molecular weight excluding hydrogens is 230 g/mol. The van der Waals surface area contributed by atoms with Crippen LogP contribution in [-0.2, 0) is 9.53 Å². The van der Waals surface area contributed by atoms with Crippen LogP contribution in [0.15, 0.2) is 0 Å². The Hall–Kier alpha value is -0.300. The zero-order valence-electron chi connectivity index (χ0n) is 9.81. The number of hydrogen-bond acceptors (Lipinski definition) is 5. The fourth-order valence-electron chi connectivity index (χ4n) is 0.956. The second kappa shape index (κ2) is 9.89. The van der Waals surface area contributed by atoms with Crippen LogP contribution in [0.4, 0.5) is 0 Å². The van der Waals surface area contributed by atoms with Crippen LogP contribution in [0.5, 0.6) is 0 Å². The van der Waals surface area contributed by atoms with Crippen molar-refractivity contribution in [2.24, 2.45) is 0 Å². The fourth-order valence-corrected chi connectivity index (χ4v) is 1.81. The van der Waals surface area contributed by atoms with Gasteiger partial charge in [-0.3, -0.25) is 4.79 Å². The molecule has 16 heavy (non-hydrogen) atoms. The summed E-state index contributed by atoms with van der Waals surface area (Å²) in [6.45, 7) is 2.74. The zero-order chi connectivity index (χ0) is 12.4. The first-order valence-corrected chi connectivity index (χ1v) is 6.33. The van der Waals surface area contributed by atoms with Crippen molar-refractivity contribution in [2.45, 2.75) is 24.7 Å². The summed E-state index contributed by atoms with van der Waals surface area (Å²) in [5.74, 6) is 0.314. The van der Waals surface area contributed by atoms with E-state index in [1.54, 1.807) is 14.0 Å². The van der Waals surface area contributed by atoms with E-state index in [1.807, 2.05) is 0 Å². The topological polar surface area (TPSA) is 78.8 Å². The number of methoxy groups -OCH3 is 1. The standard InChI is InChI=1S/C10H21NO4S/c1-8(16-7-9(13)6-12)10(14)11-4-3-5-15-2/h8-9,12-13H,3-7H2,1-2H3,(H,11,14). The molecule has 3 N–H and O–H groups in total. The van der Waals surface area contributed by atoms with E-state index in [9.17, 15) is 4.79 Å². The molecule has 0 spiro atoms. The van der Waals surface area contributed by atoms with Crippen LogP contribution >= 0.6 is 11.8 Å². The minimum atomic E-state index is -0.756. The van der Waals surface area contributed by atoms with Crippen molar-refractivity contribution in [3.05, 3.63) is 0 Å². The summed E-state index contributed by atoms with van der Waals surface area (Å²) in [5.41, 5.74) is 0. The molecule has 0 saturated heterocycles. The Morgan fingerprint density at radius 2 is 2.25 bits per heavy atom. The maximum atomic E-state index is 11.5. The molecule has 0 radical (unpaired) electrons. The number of rotatable bonds is 9. The van der Waals surface area contributed by atoms with Gasteiger partial charge in [0.2, 0.25) is 5.91 Å². The lowest BCUT2D eigenvalue weighted by molar-refractivity contribution is -0.120. The summed E-state index contributed by atoms with van der Waals surface area (Å²) < 4.78 is 4.86. The van der Waals surface area contributed by atoms with Gasteiger partial charge in [-0.2, -0.15) is 0 Å². The normalized spacial score (nSPS) is 14.5. The first-order valence-electron chi connectivity index (χ1n) is 5.29. The molecule has 0 aliphatic rings. The van der Waals surface area contributed by atoms with Crippen molar-refractivity contribution in [2.75, 3.05) is 32.6 Å². The Kier molecular flexibility index (Phi) is 9.71. The van der Waals surface area contributed by atoms with Gasteiger partial charge >= 0.3 is 0 Å². The Bertz CT molecular complexity index is 192. The van der Waals surface area contributed by atoms with Gasteiger partial charge in [0, 0.05) is 26.0 Å². The number of aliphatic hydroxyl groups is 2. The number of carbonyl (C=O) groups excluding carboxylic acids is 1. The molecule has 0 heterocycles. The quantitative estimate of drug-likeness (QED) is 0.487. The number of amides is 1. The summed E-state index contributed by atoms with van der Waals surface area (Å²) in [6, 6.07) is 0. The summed E-state index contributed by atoms with van der Waals surface area (Å²) in [6.07, 6.45) is 0.0348. The number of thioether (sulfide) groups is 1. The van der Waals surface area contributed by atoms with Gasteiger partial charge in [-0.1, -0.05) is 0 Å². The van der Waals surface area contributed by atoms with Gasteiger partial charge in [0.1, 0.15) is 0 Å². The molecule has 0 aromatic heterocycles. The maximum absolute atomic E-state index is 11.5. The molecule has 0 aliphatic heterocycles. The lowest BCUT2D eigenvalue weighted by Gasteiger charge is -2.13. The lowest BCUT2D eigenvalue weighted by atomic mass is 10.4. The van der Waals surface area contributed by atoms with E-state index in [1.165, 1.54) is 11.8 Å². The van der Waals surface area contributed by atoms with Crippen molar-refractivity contribution in [1.82, 2.24) is 5.32 Å². The van der Waals surface area contributed by atoms with Gasteiger partial charge in [0.15, 0.2) is 0 Å². The molecule has 0 aromatic rings. The van der Waals surface area contributed by atoms with E-state index in [0.29, 0.717) is 18.9 Å². The zero-order valence-corrected chi connectivity index (χ0v) is 10.6. The number of aliphatic hydroxyl groups excluding tert-OH is 2. The average Bonchev–Trinajstić information content (AvgIpc) is 2.30. The van der Waals surface area contributed by atoms with Crippen LogP contribution in [-0.4, -0.2) is 60.1 Å². The number of nitrogens with one attached hydrogen (secondary N) is 1. The van der Waals surface area contributed by atoms with E-state index >= 15 is 0 Å². The molecule has 6 heteroatoms. The molecule has 0 rings (SSSR count). The largest absolute Gasteiger partial charge is 0.394 e. The van der Waals surface area contributed by atoms with Crippen molar-refractivity contribution in [1.29, 1.82) is 0 Å². The summed E-state index contributed by atoms with van der Waals surface area (Å²) in [7, 11) is 1.62. The molecule has 96 valence electrons. The highest BCUT2D eigenvalue weighted by Gasteiger charge is 2.14. The van der Waals surface area contributed by atoms with Crippen molar-refractivity contribution in [3.8, 4) is 0 Å². The smallest absolute Gasteiger partial charge is 0.232 e. The Morgan fingerprint density at radius 3 is 2.81 bits per heavy atom. The van der Waals surface area contributed by atoms with E-state index in [2.05, 4.69) is 5.32 Å². The average molecular weight is 251 g/mol. The summed E-state index contributed by atoms with van der Waals surface area (Å²) in [5, 5.41) is 20.3. The number of carbonyl (C=O) groups is 1. The molecule has 2 atom stereocenters. The van der Waals surface area contributed by atoms with Crippen LogP contribution in [0.1, 0.15) is 13.3 Å². The monoisotopic (exact) mass is 251 g/mol. The van der Waals surface area contributed by atoms with E-state index < -0.39 is 6.10 Å². The van der Waals surface area contributed by atoms with Gasteiger partial charge in [-0.05, 0) is 13.3 Å². The SMILES string of the molecule is COCCCNC(=O)C(C)SCC(O)CO. The third kappa shape index (κ3) is 7.92. The Morgan fingerprint density at radius 1 is 1.56 bits per heavy atom. The second-order valence-electron chi connectivity index (χ2n) is 3.45. The maximum Gasteiger partial charge on any atom is 0.232 e. The minimum absolute atomic E-state index is 0.0498. The van der Waals surface area contributed by atoms with E-state index in [-0.39, 0.29) is 17.8 Å². The van der Waals surface area contributed by atoms with Crippen LogP contribution in [0.3, 0.4) is 0 Å². The Labute approximate surface area is 101 Å². The van der Waals surface area contributed by atoms with Gasteiger partial charge in [-0.15, -0.1) is 11.8 Å². The van der Waals surface area contributed by atoms with Crippen molar-refractivity contribution < 1.29 is 19.7 Å². The fraction of sp³-hybridized carbons (Fsp3) is 0.900. The molecule has 0 bridgehead atoms. The van der Waals surface area contributed by atoms with Crippen molar-refractivity contribution in [3.63, 3.8) is 0 Å². The van der Waals surface area contributed by atoms with E-state index in [0.717, 1.165) is 6.42 Å². The van der Waals surface area contributed by atoms with Crippen LogP contribution in [0.25, 0.3) is 0 Å². The summed E-state index contributed by atoms with van der Waals surface area (Å²) in [4.78, 5) is 11.5. The highest BCUT2D eigenvalue weighted by Crippen LogP contribution is 2.11. The molecule has 2 unspecified atom stereocenters. The highest BCUT2D eigenvalue weighted by atomic mass is 32.2.